The van der Waals surface area contributed by atoms with Crippen LogP contribution in [-0.4, -0.2) is 18.0 Å². The van der Waals surface area contributed by atoms with E-state index in [0.717, 1.165) is 0 Å². The molecule has 0 spiro atoms. The lowest BCUT2D eigenvalue weighted by Gasteiger charge is -2.29. The molecule has 3 nitrogen and oxygen atoms in total. The van der Waals surface area contributed by atoms with Gasteiger partial charge in [-0.15, -0.1) is 0 Å². The van der Waals surface area contributed by atoms with Gasteiger partial charge in [-0.3, -0.25) is 10.2 Å². The molecule has 1 aliphatic heterocycles. The van der Waals surface area contributed by atoms with Gasteiger partial charge in [-0.25, -0.2) is 4.79 Å². The van der Waals surface area contributed by atoms with Gasteiger partial charge in [-0.05, 0) is 0 Å². The molecule has 1 rings (SSSR count). The van der Waals surface area contributed by atoms with Gasteiger partial charge < -0.3 is 0 Å². The molecule has 1 heterocycles. The molecule has 0 aromatic heterocycles. The molecule has 0 saturated carbocycles. The van der Waals surface area contributed by atoms with Crippen molar-refractivity contribution in [3.05, 3.63) is 12.4 Å². The summed E-state index contributed by atoms with van der Waals surface area (Å²) in [6, 6.07) is -0.0787. The van der Waals surface area contributed by atoms with E-state index in [2.05, 4.69) is 11.9 Å². The maximum absolute atomic E-state index is 10.2. The van der Waals surface area contributed by atoms with Crippen LogP contribution in [0.1, 0.15) is 0 Å². The third-order valence-corrected chi connectivity index (χ3v) is 0.961. The zero-order valence-corrected chi connectivity index (χ0v) is 4.06. The van der Waals surface area contributed by atoms with Gasteiger partial charge in [0.1, 0.15) is 5.82 Å². The molecule has 2 amide bonds. The predicted octanol–water partition coefficient (Wildman–Crippen LogP) is 0.113. The van der Waals surface area contributed by atoms with Crippen molar-refractivity contribution in [2.45, 2.75) is 0 Å². The zero-order valence-electron chi connectivity index (χ0n) is 4.06. The molecule has 1 fully saturated rings. The first-order valence-electron chi connectivity index (χ1n) is 1.95. The quantitative estimate of drug-likeness (QED) is 0.458. The molecule has 0 aliphatic carbocycles. The average molecular weight is 98.1 g/mol. The van der Waals surface area contributed by atoms with Crippen LogP contribution in [0, 0.1) is 0 Å². The first-order valence-corrected chi connectivity index (χ1v) is 1.95. The van der Waals surface area contributed by atoms with Crippen LogP contribution in [0.5, 0.6) is 0 Å². The van der Waals surface area contributed by atoms with Gasteiger partial charge in [0.25, 0.3) is 0 Å². The summed E-state index contributed by atoms with van der Waals surface area (Å²) < 4.78 is 0. The SMILES string of the molecule is C=C1NC(=O)N1C. The molecule has 0 atom stereocenters. The van der Waals surface area contributed by atoms with Crippen LogP contribution in [0.4, 0.5) is 4.79 Å². The normalized spacial score (nSPS) is 18.7. The number of amides is 2. The average Bonchev–Trinajstić information content (AvgIpc) is 1.68. The van der Waals surface area contributed by atoms with Gasteiger partial charge in [-0.2, -0.15) is 0 Å². The number of rotatable bonds is 0. The molecular formula is C4H6N2O. The zero-order chi connectivity index (χ0) is 5.44. The molecule has 0 bridgehead atoms. The standard InChI is InChI=1S/C4H6N2O/c1-3-5-4(7)6(3)2/h1H2,2H3,(H,5,7). The fraction of sp³-hybridized carbons (Fsp3) is 0.250. The Morgan fingerprint density at radius 2 is 2.43 bits per heavy atom. The Balaban J connectivity index is 2.59. The minimum absolute atomic E-state index is 0.0787. The Labute approximate surface area is 41.6 Å². The Hall–Kier alpha value is -0.990. The molecule has 38 valence electrons. The summed E-state index contributed by atoms with van der Waals surface area (Å²) in [5.41, 5.74) is 0. The second kappa shape index (κ2) is 0.992. The van der Waals surface area contributed by atoms with Crippen molar-refractivity contribution in [2.75, 3.05) is 7.05 Å². The van der Waals surface area contributed by atoms with Crippen LogP contribution in [0.25, 0.3) is 0 Å². The second-order valence-electron chi connectivity index (χ2n) is 1.44. The van der Waals surface area contributed by atoms with Crippen molar-refractivity contribution in [1.29, 1.82) is 0 Å². The maximum atomic E-state index is 10.2. The lowest BCUT2D eigenvalue weighted by molar-refractivity contribution is 0.197. The highest BCUT2D eigenvalue weighted by molar-refractivity contribution is 5.84. The third kappa shape index (κ3) is 0.374. The molecule has 0 aromatic carbocycles. The van der Waals surface area contributed by atoms with Crippen LogP contribution in [0.3, 0.4) is 0 Å². The number of carbonyl (C=O) groups is 1. The third-order valence-electron chi connectivity index (χ3n) is 0.961. The van der Waals surface area contributed by atoms with Crippen molar-refractivity contribution < 1.29 is 4.79 Å². The van der Waals surface area contributed by atoms with Gasteiger partial charge in [0, 0.05) is 7.05 Å². The van der Waals surface area contributed by atoms with E-state index in [1.807, 2.05) is 0 Å². The number of urea groups is 1. The van der Waals surface area contributed by atoms with E-state index in [9.17, 15) is 4.79 Å². The van der Waals surface area contributed by atoms with Crippen LogP contribution in [0.2, 0.25) is 0 Å². The topological polar surface area (TPSA) is 32.3 Å². The first-order chi connectivity index (χ1) is 3.22. The highest BCUT2D eigenvalue weighted by atomic mass is 16.2. The van der Waals surface area contributed by atoms with E-state index in [1.165, 1.54) is 4.90 Å². The van der Waals surface area contributed by atoms with Gasteiger partial charge in [0.15, 0.2) is 0 Å². The van der Waals surface area contributed by atoms with E-state index < -0.39 is 0 Å². The monoisotopic (exact) mass is 98.0 g/mol. The Bertz CT molecular complexity index is 116. The van der Waals surface area contributed by atoms with Crippen LogP contribution in [-0.2, 0) is 0 Å². The van der Waals surface area contributed by atoms with Crippen molar-refractivity contribution >= 4 is 6.03 Å². The number of nitrogens with one attached hydrogen (secondary N) is 1. The molecule has 0 radical (unpaired) electrons. The molecule has 1 N–H and O–H groups in total. The number of hydrogen-bond donors (Lipinski definition) is 1. The van der Waals surface area contributed by atoms with E-state index in [-0.39, 0.29) is 6.03 Å². The lowest BCUT2D eigenvalue weighted by atomic mass is 10.5. The van der Waals surface area contributed by atoms with Crippen LogP contribution >= 0.6 is 0 Å². The highest BCUT2D eigenvalue weighted by Gasteiger charge is 2.22. The second-order valence-corrected chi connectivity index (χ2v) is 1.44. The van der Waals surface area contributed by atoms with E-state index in [1.54, 1.807) is 7.05 Å². The van der Waals surface area contributed by atoms with Gasteiger partial charge in [0.2, 0.25) is 0 Å². The fourth-order valence-corrected chi connectivity index (χ4v) is 0.361. The van der Waals surface area contributed by atoms with Gasteiger partial charge in [-0.1, -0.05) is 6.58 Å². The van der Waals surface area contributed by atoms with E-state index in [4.69, 9.17) is 0 Å². The summed E-state index contributed by atoms with van der Waals surface area (Å²) in [6.07, 6.45) is 0. The predicted molar refractivity (Wildman–Crippen MR) is 25.4 cm³/mol. The fourth-order valence-electron chi connectivity index (χ4n) is 0.361. The Morgan fingerprint density at radius 3 is 2.43 bits per heavy atom. The van der Waals surface area contributed by atoms with Crippen LogP contribution in [0.15, 0.2) is 12.4 Å². The summed E-state index contributed by atoms with van der Waals surface area (Å²) in [7, 11) is 1.67. The van der Waals surface area contributed by atoms with E-state index in [0.29, 0.717) is 5.82 Å². The first kappa shape index (κ1) is 4.18. The number of nitrogens with zero attached hydrogens (tertiary/aromatic N) is 1. The molecule has 0 unspecified atom stereocenters. The molecule has 1 saturated heterocycles. The van der Waals surface area contributed by atoms with Crippen molar-refractivity contribution in [2.24, 2.45) is 0 Å². The molecule has 0 aromatic rings. The highest BCUT2D eigenvalue weighted by Crippen LogP contribution is 2.04. The summed E-state index contributed by atoms with van der Waals surface area (Å²) in [5.74, 6) is 0.671. The summed E-state index contributed by atoms with van der Waals surface area (Å²) in [6.45, 7) is 3.49. The summed E-state index contributed by atoms with van der Waals surface area (Å²) in [5, 5.41) is 2.45. The van der Waals surface area contributed by atoms with E-state index >= 15 is 0 Å². The number of hydrogen-bond acceptors (Lipinski definition) is 1. The molecular weight excluding hydrogens is 92.1 g/mol. The van der Waals surface area contributed by atoms with Crippen molar-refractivity contribution in [3.63, 3.8) is 0 Å². The van der Waals surface area contributed by atoms with Crippen molar-refractivity contribution in [3.8, 4) is 0 Å². The maximum Gasteiger partial charge on any atom is 0.328 e. The van der Waals surface area contributed by atoms with Crippen LogP contribution < -0.4 is 5.32 Å². The summed E-state index contributed by atoms with van der Waals surface area (Å²) in [4.78, 5) is 11.6. The molecule has 1 aliphatic rings. The van der Waals surface area contributed by atoms with Gasteiger partial charge in [0.05, 0.1) is 0 Å². The minimum atomic E-state index is -0.0787. The smallest absolute Gasteiger partial charge is 0.294 e. The molecule has 3 heteroatoms. The minimum Gasteiger partial charge on any atom is -0.294 e. The largest absolute Gasteiger partial charge is 0.328 e. The lowest BCUT2D eigenvalue weighted by Crippen LogP contribution is -2.51. The van der Waals surface area contributed by atoms with Gasteiger partial charge >= 0.3 is 6.03 Å². The Morgan fingerprint density at radius 1 is 1.86 bits per heavy atom. The van der Waals surface area contributed by atoms with Crippen molar-refractivity contribution in [1.82, 2.24) is 10.2 Å². The Kier molecular flexibility index (Phi) is 0.592. The number of carbonyl (C=O) groups excluding carboxylic acids is 1. The summed E-state index contributed by atoms with van der Waals surface area (Å²) >= 11 is 0. The molecule has 7 heavy (non-hydrogen) atoms.